The van der Waals surface area contributed by atoms with E-state index in [1.807, 2.05) is 18.2 Å². The molecule has 7 heteroatoms. The topological polar surface area (TPSA) is 85.2 Å². The molecule has 1 aliphatic rings. The number of methoxy groups -OCH3 is 2. The van der Waals surface area contributed by atoms with Crippen molar-refractivity contribution in [1.82, 2.24) is 20.5 Å². The van der Waals surface area contributed by atoms with E-state index in [0.29, 0.717) is 35.2 Å². The Kier molecular flexibility index (Phi) is 6.28. The molecule has 0 amide bonds. The molecule has 0 radical (unpaired) electrons. The molecule has 5 rings (SSSR count). The summed E-state index contributed by atoms with van der Waals surface area (Å²) in [6, 6.07) is 12.7. The largest absolute Gasteiger partial charge is 0.493 e. The van der Waals surface area contributed by atoms with Gasteiger partial charge in [-0.05, 0) is 67.3 Å². The van der Waals surface area contributed by atoms with Crippen LogP contribution in [0.3, 0.4) is 0 Å². The number of benzene rings is 2. The number of aromatic amines is 1. The number of fused-ring (bicyclic) bond motifs is 1. The van der Waals surface area contributed by atoms with Crippen LogP contribution in [0.25, 0.3) is 33.6 Å². The molecular weight excluding hydrogens is 428 g/mol. The Morgan fingerprint density at radius 3 is 2.56 bits per heavy atom. The Morgan fingerprint density at radius 1 is 1.00 bits per heavy atom. The van der Waals surface area contributed by atoms with Gasteiger partial charge in [0.05, 0.1) is 19.9 Å². The molecule has 2 aromatic heterocycles. The van der Waals surface area contributed by atoms with Crippen LogP contribution in [0.5, 0.6) is 11.5 Å². The lowest BCUT2D eigenvalue weighted by Gasteiger charge is -2.21. The van der Waals surface area contributed by atoms with Gasteiger partial charge < -0.3 is 24.2 Å². The zero-order valence-electron chi connectivity index (χ0n) is 20.3. The first-order valence-electron chi connectivity index (χ1n) is 12.0. The molecule has 1 fully saturated rings. The van der Waals surface area contributed by atoms with Crippen molar-refractivity contribution in [2.45, 2.75) is 51.5 Å². The first kappa shape index (κ1) is 22.5. The Labute approximate surface area is 199 Å². The molecule has 0 saturated carbocycles. The molecule has 0 spiro atoms. The predicted molar refractivity (Wildman–Crippen MR) is 134 cm³/mol. The number of aromatic nitrogens is 3. The van der Waals surface area contributed by atoms with Gasteiger partial charge in [-0.25, -0.2) is 0 Å². The lowest BCUT2D eigenvalue weighted by atomic mass is 9.95. The highest BCUT2D eigenvalue weighted by atomic mass is 16.5. The van der Waals surface area contributed by atoms with Crippen molar-refractivity contribution in [3.63, 3.8) is 0 Å². The average Bonchev–Trinajstić information content (AvgIpc) is 3.48. The van der Waals surface area contributed by atoms with Gasteiger partial charge >= 0.3 is 0 Å². The molecule has 7 nitrogen and oxygen atoms in total. The van der Waals surface area contributed by atoms with Gasteiger partial charge in [-0.15, -0.1) is 10.2 Å². The molecule has 1 aliphatic heterocycles. The average molecular weight is 461 g/mol. The highest BCUT2D eigenvalue weighted by Crippen LogP contribution is 2.40. The molecule has 4 aromatic rings. The third-order valence-electron chi connectivity index (χ3n) is 6.64. The summed E-state index contributed by atoms with van der Waals surface area (Å²) < 4.78 is 17.0. The summed E-state index contributed by atoms with van der Waals surface area (Å²) in [4.78, 5) is 3.62. The van der Waals surface area contributed by atoms with Crippen molar-refractivity contribution in [3.8, 4) is 34.2 Å². The van der Waals surface area contributed by atoms with Gasteiger partial charge in [0, 0.05) is 34.5 Å². The quantitative estimate of drug-likeness (QED) is 0.367. The number of nitrogens with zero attached hydrogens (tertiary/aromatic N) is 2. The van der Waals surface area contributed by atoms with E-state index in [1.54, 1.807) is 14.2 Å². The van der Waals surface area contributed by atoms with Crippen molar-refractivity contribution in [1.29, 1.82) is 0 Å². The summed E-state index contributed by atoms with van der Waals surface area (Å²) in [5.74, 6) is 2.99. The monoisotopic (exact) mass is 460 g/mol. The van der Waals surface area contributed by atoms with Crippen LogP contribution >= 0.6 is 0 Å². The zero-order valence-corrected chi connectivity index (χ0v) is 20.3. The number of piperidine rings is 1. The normalized spacial score (nSPS) is 16.3. The minimum atomic E-state index is 0.308. The minimum absolute atomic E-state index is 0.308. The van der Waals surface area contributed by atoms with E-state index >= 15 is 0 Å². The van der Waals surface area contributed by atoms with Crippen LogP contribution in [-0.4, -0.2) is 42.0 Å². The molecule has 34 heavy (non-hydrogen) atoms. The van der Waals surface area contributed by atoms with Crippen LogP contribution in [-0.2, 0) is 6.42 Å². The second kappa shape index (κ2) is 9.50. The first-order valence-corrected chi connectivity index (χ1v) is 12.0. The molecule has 0 aliphatic carbocycles. The lowest BCUT2D eigenvalue weighted by molar-refractivity contribution is 0.355. The summed E-state index contributed by atoms with van der Waals surface area (Å²) in [7, 11) is 3.31. The highest BCUT2D eigenvalue weighted by molar-refractivity contribution is 5.94. The fraction of sp³-hybridized carbons (Fsp3) is 0.407. The van der Waals surface area contributed by atoms with Gasteiger partial charge in [0.2, 0.25) is 11.8 Å². The number of H-pyrrole nitrogens is 1. The summed E-state index contributed by atoms with van der Waals surface area (Å²) in [5, 5.41) is 13.4. The SMILES string of the molecule is COc1ccc(-c2[nH]c3ccc(-c4nnc(C[C@H]5CCCCN5)o4)cc3c2C(C)C)cc1OC. The summed E-state index contributed by atoms with van der Waals surface area (Å²) in [6.07, 6.45) is 4.43. The number of nitrogens with one attached hydrogen (secondary N) is 2. The third kappa shape index (κ3) is 4.28. The first-order chi connectivity index (χ1) is 16.6. The van der Waals surface area contributed by atoms with Crippen molar-refractivity contribution >= 4 is 10.9 Å². The Morgan fingerprint density at radius 2 is 1.82 bits per heavy atom. The van der Waals surface area contributed by atoms with Crippen molar-refractivity contribution in [2.24, 2.45) is 0 Å². The van der Waals surface area contributed by atoms with Gasteiger partial charge in [0.1, 0.15) is 0 Å². The number of ether oxygens (including phenoxy) is 2. The van der Waals surface area contributed by atoms with E-state index < -0.39 is 0 Å². The Balaban J connectivity index is 1.51. The van der Waals surface area contributed by atoms with Crippen LogP contribution in [0.15, 0.2) is 40.8 Å². The smallest absolute Gasteiger partial charge is 0.247 e. The molecule has 1 saturated heterocycles. The molecular formula is C27H32N4O3. The van der Waals surface area contributed by atoms with Crippen LogP contribution in [0.2, 0.25) is 0 Å². The van der Waals surface area contributed by atoms with E-state index in [0.717, 1.165) is 47.1 Å². The number of hydrogen-bond acceptors (Lipinski definition) is 6. The summed E-state index contributed by atoms with van der Waals surface area (Å²) >= 11 is 0. The van der Waals surface area contributed by atoms with Crippen molar-refractivity contribution in [2.75, 3.05) is 20.8 Å². The van der Waals surface area contributed by atoms with Gasteiger partial charge in [0.25, 0.3) is 0 Å². The van der Waals surface area contributed by atoms with Crippen LogP contribution in [0, 0.1) is 0 Å². The van der Waals surface area contributed by atoms with E-state index in [9.17, 15) is 0 Å². The standard InChI is InChI=1S/C27H32N4O3/c1-16(2)25-20-13-18(27-31-30-24(34-27)15-19-7-5-6-12-28-19)8-10-21(20)29-26(25)17-9-11-22(32-3)23(14-17)33-4/h8-11,13-14,16,19,28-29H,5-7,12,15H2,1-4H3/t19-/m1/s1. The maximum Gasteiger partial charge on any atom is 0.247 e. The predicted octanol–water partition coefficient (Wildman–Crippen LogP) is 5.71. The van der Waals surface area contributed by atoms with E-state index in [4.69, 9.17) is 13.9 Å². The molecule has 0 bridgehead atoms. The summed E-state index contributed by atoms with van der Waals surface area (Å²) in [5.41, 5.74) is 5.39. The van der Waals surface area contributed by atoms with Gasteiger partial charge in [0.15, 0.2) is 11.5 Å². The molecule has 2 aromatic carbocycles. The molecule has 1 atom stereocenters. The molecule has 178 valence electrons. The fourth-order valence-electron chi connectivity index (χ4n) is 4.93. The van der Waals surface area contributed by atoms with Crippen LogP contribution in [0.1, 0.15) is 50.5 Å². The van der Waals surface area contributed by atoms with Gasteiger partial charge in [-0.2, -0.15) is 0 Å². The highest BCUT2D eigenvalue weighted by Gasteiger charge is 2.20. The summed E-state index contributed by atoms with van der Waals surface area (Å²) in [6.45, 7) is 5.49. The van der Waals surface area contributed by atoms with E-state index in [1.165, 1.54) is 18.4 Å². The Hall–Kier alpha value is -3.32. The number of rotatable bonds is 7. The van der Waals surface area contributed by atoms with Crippen LogP contribution < -0.4 is 14.8 Å². The van der Waals surface area contributed by atoms with Crippen molar-refractivity contribution < 1.29 is 13.9 Å². The second-order valence-electron chi connectivity index (χ2n) is 9.25. The molecule has 3 heterocycles. The maximum absolute atomic E-state index is 6.07. The van der Waals surface area contributed by atoms with E-state index in [-0.39, 0.29) is 0 Å². The van der Waals surface area contributed by atoms with Gasteiger partial charge in [-0.1, -0.05) is 20.3 Å². The van der Waals surface area contributed by atoms with Crippen molar-refractivity contribution in [3.05, 3.63) is 47.9 Å². The van der Waals surface area contributed by atoms with E-state index in [2.05, 4.69) is 52.5 Å². The fourth-order valence-corrected chi connectivity index (χ4v) is 4.93. The molecule has 0 unspecified atom stereocenters. The zero-order chi connectivity index (χ0) is 23.7. The lowest BCUT2D eigenvalue weighted by Crippen LogP contribution is -2.35. The van der Waals surface area contributed by atoms with Crippen LogP contribution in [0.4, 0.5) is 0 Å². The Bertz CT molecular complexity index is 1280. The third-order valence-corrected chi connectivity index (χ3v) is 6.64. The minimum Gasteiger partial charge on any atom is -0.493 e. The second-order valence-corrected chi connectivity index (χ2v) is 9.25. The molecule has 2 N–H and O–H groups in total. The van der Waals surface area contributed by atoms with Gasteiger partial charge in [-0.3, -0.25) is 0 Å². The maximum atomic E-state index is 6.07. The number of hydrogen-bond donors (Lipinski definition) is 2.